The maximum absolute atomic E-state index is 10.8. The van der Waals surface area contributed by atoms with Gasteiger partial charge in [-0.2, -0.15) is 0 Å². The standard InChI is InChI=1S/C12H21NO3/c14-11(15)10-4-7-13(8-10)9-12(16)5-2-1-3-6-12/h10,16H,1-9H2,(H,14,15). The molecular formula is C12H21NO3. The molecule has 2 aliphatic rings. The molecular weight excluding hydrogens is 206 g/mol. The van der Waals surface area contributed by atoms with Crippen LogP contribution in [0.3, 0.4) is 0 Å². The van der Waals surface area contributed by atoms with Crippen LogP contribution in [0.15, 0.2) is 0 Å². The van der Waals surface area contributed by atoms with Crippen molar-refractivity contribution in [2.45, 2.75) is 44.1 Å². The molecule has 4 heteroatoms. The number of likely N-dealkylation sites (tertiary alicyclic amines) is 1. The number of aliphatic carboxylic acids is 1. The van der Waals surface area contributed by atoms with Gasteiger partial charge in [-0.25, -0.2) is 0 Å². The molecule has 0 aromatic carbocycles. The smallest absolute Gasteiger partial charge is 0.307 e. The Balaban J connectivity index is 1.84. The summed E-state index contributed by atoms with van der Waals surface area (Å²) in [5.74, 6) is -0.926. The maximum atomic E-state index is 10.8. The van der Waals surface area contributed by atoms with Crippen molar-refractivity contribution >= 4 is 5.97 Å². The number of β-amino-alcohol motifs (C(OH)–C–C–N with tert-alkyl or cyclic N) is 1. The van der Waals surface area contributed by atoms with E-state index < -0.39 is 11.6 Å². The summed E-state index contributed by atoms with van der Waals surface area (Å²) in [5.41, 5.74) is -0.550. The summed E-state index contributed by atoms with van der Waals surface area (Å²) in [6.45, 7) is 2.09. The molecule has 1 unspecified atom stereocenters. The lowest BCUT2D eigenvalue weighted by Gasteiger charge is -2.35. The molecule has 1 aliphatic heterocycles. The average molecular weight is 227 g/mol. The highest BCUT2D eigenvalue weighted by Crippen LogP contribution is 2.30. The molecule has 1 saturated heterocycles. The van der Waals surface area contributed by atoms with Gasteiger partial charge in [0.2, 0.25) is 0 Å². The monoisotopic (exact) mass is 227 g/mol. The number of hydrogen-bond acceptors (Lipinski definition) is 3. The minimum absolute atomic E-state index is 0.229. The molecule has 0 aromatic heterocycles. The summed E-state index contributed by atoms with van der Waals surface area (Å²) in [4.78, 5) is 12.9. The van der Waals surface area contributed by atoms with Crippen molar-refractivity contribution in [1.29, 1.82) is 0 Å². The summed E-state index contributed by atoms with van der Waals surface area (Å²) >= 11 is 0. The SMILES string of the molecule is O=C(O)C1CCN(CC2(O)CCCCC2)C1. The second-order valence-electron chi connectivity index (χ2n) is 5.34. The zero-order chi connectivity index (χ0) is 11.6. The van der Waals surface area contributed by atoms with Crippen LogP contribution in [0.1, 0.15) is 38.5 Å². The molecule has 0 bridgehead atoms. The van der Waals surface area contributed by atoms with E-state index in [1.54, 1.807) is 0 Å². The van der Waals surface area contributed by atoms with Crippen LogP contribution in [0, 0.1) is 5.92 Å². The predicted octanol–water partition coefficient (Wildman–Crippen LogP) is 1.09. The van der Waals surface area contributed by atoms with E-state index in [-0.39, 0.29) is 5.92 Å². The molecule has 16 heavy (non-hydrogen) atoms. The minimum Gasteiger partial charge on any atom is -0.481 e. The van der Waals surface area contributed by atoms with Gasteiger partial charge in [0.1, 0.15) is 0 Å². The first kappa shape index (κ1) is 11.9. The van der Waals surface area contributed by atoms with Gasteiger partial charge >= 0.3 is 5.97 Å². The lowest BCUT2D eigenvalue weighted by atomic mass is 9.84. The lowest BCUT2D eigenvalue weighted by Crippen LogP contribution is -2.43. The van der Waals surface area contributed by atoms with Gasteiger partial charge in [-0.15, -0.1) is 0 Å². The number of rotatable bonds is 3. The molecule has 2 fully saturated rings. The molecule has 4 nitrogen and oxygen atoms in total. The van der Waals surface area contributed by atoms with Gasteiger partial charge in [0.25, 0.3) is 0 Å². The molecule has 1 atom stereocenters. The maximum Gasteiger partial charge on any atom is 0.307 e. The Morgan fingerprint density at radius 3 is 2.56 bits per heavy atom. The van der Waals surface area contributed by atoms with E-state index in [1.807, 2.05) is 0 Å². The van der Waals surface area contributed by atoms with Gasteiger partial charge in [0.15, 0.2) is 0 Å². The number of carboxylic acid groups (broad SMARTS) is 1. The third-order valence-electron chi connectivity index (χ3n) is 3.92. The zero-order valence-electron chi connectivity index (χ0n) is 9.69. The molecule has 0 aromatic rings. The van der Waals surface area contributed by atoms with Crippen LogP contribution in [0.4, 0.5) is 0 Å². The van der Waals surface area contributed by atoms with E-state index in [1.165, 1.54) is 6.42 Å². The summed E-state index contributed by atoms with van der Waals surface area (Å²) in [7, 11) is 0. The van der Waals surface area contributed by atoms with E-state index in [9.17, 15) is 9.90 Å². The Morgan fingerprint density at radius 2 is 2.00 bits per heavy atom. The summed E-state index contributed by atoms with van der Waals surface area (Å²) in [5, 5.41) is 19.3. The first-order chi connectivity index (χ1) is 7.59. The van der Waals surface area contributed by atoms with Crippen LogP contribution < -0.4 is 0 Å². The quantitative estimate of drug-likeness (QED) is 0.757. The van der Waals surface area contributed by atoms with Crippen molar-refractivity contribution in [3.63, 3.8) is 0 Å². The number of carboxylic acids is 1. The number of carbonyl (C=O) groups is 1. The molecule has 0 amide bonds. The van der Waals surface area contributed by atoms with Crippen molar-refractivity contribution in [3.05, 3.63) is 0 Å². The van der Waals surface area contributed by atoms with Crippen LogP contribution in [0.5, 0.6) is 0 Å². The van der Waals surface area contributed by atoms with Gasteiger partial charge in [-0.1, -0.05) is 19.3 Å². The van der Waals surface area contributed by atoms with Crippen LogP contribution in [0.2, 0.25) is 0 Å². The average Bonchev–Trinajstić information content (AvgIpc) is 2.66. The molecule has 1 heterocycles. The van der Waals surface area contributed by atoms with Crippen molar-refractivity contribution < 1.29 is 15.0 Å². The van der Waals surface area contributed by atoms with Crippen molar-refractivity contribution in [3.8, 4) is 0 Å². The van der Waals surface area contributed by atoms with E-state index in [4.69, 9.17) is 5.11 Å². The highest BCUT2D eigenvalue weighted by atomic mass is 16.4. The summed E-state index contributed by atoms with van der Waals surface area (Å²) < 4.78 is 0. The fraction of sp³-hybridized carbons (Fsp3) is 0.917. The van der Waals surface area contributed by atoms with Gasteiger partial charge in [-0.05, 0) is 25.8 Å². The largest absolute Gasteiger partial charge is 0.481 e. The van der Waals surface area contributed by atoms with Gasteiger partial charge < -0.3 is 10.2 Å². The molecule has 0 spiro atoms. The number of hydrogen-bond donors (Lipinski definition) is 2. The molecule has 2 N–H and O–H groups in total. The highest BCUT2D eigenvalue weighted by molar-refractivity contribution is 5.70. The lowest BCUT2D eigenvalue weighted by molar-refractivity contribution is -0.141. The summed E-state index contributed by atoms with van der Waals surface area (Å²) in [6, 6.07) is 0. The minimum atomic E-state index is -0.696. The van der Waals surface area contributed by atoms with Gasteiger partial charge in [0.05, 0.1) is 11.5 Å². The highest BCUT2D eigenvalue weighted by Gasteiger charge is 2.35. The van der Waals surface area contributed by atoms with Crippen molar-refractivity contribution in [2.24, 2.45) is 5.92 Å². The topological polar surface area (TPSA) is 60.8 Å². The Bertz CT molecular complexity index is 261. The Hall–Kier alpha value is -0.610. The first-order valence-electron chi connectivity index (χ1n) is 6.27. The summed E-state index contributed by atoms with van der Waals surface area (Å²) in [6.07, 6.45) is 5.91. The van der Waals surface area contributed by atoms with Crippen molar-refractivity contribution in [1.82, 2.24) is 4.90 Å². The van der Waals surface area contributed by atoms with Crippen LogP contribution in [-0.4, -0.2) is 46.3 Å². The molecule has 0 radical (unpaired) electrons. The van der Waals surface area contributed by atoms with Crippen molar-refractivity contribution in [2.75, 3.05) is 19.6 Å². The van der Waals surface area contributed by atoms with Gasteiger partial charge in [0, 0.05) is 13.1 Å². The Labute approximate surface area is 96.3 Å². The zero-order valence-corrected chi connectivity index (χ0v) is 9.69. The number of aliphatic hydroxyl groups is 1. The number of nitrogens with zero attached hydrogens (tertiary/aromatic N) is 1. The van der Waals surface area contributed by atoms with E-state index in [0.29, 0.717) is 13.1 Å². The molecule has 1 saturated carbocycles. The second-order valence-corrected chi connectivity index (χ2v) is 5.34. The van der Waals surface area contributed by atoms with E-state index in [2.05, 4.69) is 4.90 Å². The third kappa shape index (κ3) is 2.74. The van der Waals surface area contributed by atoms with E-state index >= 15 is 0 Å². The van der Waals surface area contributed by atoms with E-state index in [0.717, 1.165) is 38.6 Å². The fourth-order valence-corrected chi connectivity index (χ4v) is 2.96. The third-order valence-corrected chi connectivity index (χ3v) is 3.92. The first-order valence-corrected chi connectivity index (χ1v) is 6.27. The van der Waals surface area contributed by atoms with Crippen LogP contribution >= 0.6 is 0 Å². The van der Waals surface area contributed by atoms with Crippen LogP contribution in [0.25, 0.3) is 0 Å². The molecule has 2 rings (SSSR count). The normalized spacial score (nSPS) is 30.4. The fourth-order valence-electron chi connectivity index (χ4n) is 2.96. The molecule has 1 aliphatic carbocycles. The van der Waals surface area contributed by atoms with Crippen LogP contribution in [-0.2, 0) is 4.79 Å². The predicted molar refractivity (Wildman–Crippen MR) is 60.2 cm³/mol. The Kier molecular flexibility index (Phi) is 3.50. The molecule has 92 valence electrons. The second kappa shape index (κ2) is 4.72. The Morgan fingerprint density at radius 1 is 1.31 bits per heavy atom. The van der Waals surface area contributed by atoms with Gasteiger partial charge in [-0.3, -0.25) is 9.69 Å².